The van der Waals surface area contributed by atoms with E-state index in [1.807, 2.05) is 6.07 Å². The van der Waals surface area contributed by atoms with Crippen molar-refractivity contribution in [2.24, 2.45) is 28.6 Å². The van der Waals surface area contributed by atoms with E-state index in [0.717, 1.165) is 56.9 Å². The summed E-state index contributed by atoms with van der Waals surface area (Å²) in [5, 5.41) is 8.74. The van der Waals surface area contributed by atoms with Crippen LogP contribution in [0.2, 0.25) is 0 Å². The molecule has 1 aliphatic heterocycles. The van der Waals surface area contributed by atoms with Gasteiger partial charge in [-0.1, -0.05) is 26.7 Å². The number of hydrogen-bond donors (Lipinski definition) is 1. The van der Waals surface area contributed by atoms with Gasteiger partial charge in [-0.25, -0.2) is 4.79 Å². The van der Waals surface area contributed by atoms with Crippen molar-refractivity contribution in [2.45, 2.75) is 127 Å². The van der Waals surface area contributed by atoms with E-state index in [4.69, 9.17) is 19.0 Å². The number of carbonyl (C=O) groups excluding carboxylic acids is 1. The summed E-state index contributed by atoms with van der Waals surface area (Å²) in [6.45, 7) is 4.95. The van der Waals surface area contributed by atoms with Crippen LogP contribution in [0.25, 0.3) is 0 Å². The third kappa shape index (κ3) is 4.47. The number of aliphatic carboxylic acids is 1. The molecule has 9 atom stereocenters. The second-order valence-corrected chi connectivity index (χ2v) is 13.7. The Morgan fingerprint density at radius 1 is 0.974 bits per heavy atom. The minimum absolute atomic E-state index is 0.0275. The molecule has 0 aromatic carbocycles. The van der Waals surface area contributed by atoms with E-state index >= 15 is 0 Å². The molecule has 0 amide bonds. The number of fused-ring (bicyclic) bond motifs is 3. The minimum Gasteiger partial charge on any atom is -0.481 e. The molecule has 1 saturated heterocycles. The van der Waals surface area contributed by atoms with Gasteiger partial charge in [0.2, 0.25) is 0 Å². The topological polar surface area (TPSA) is 106 Å². The van der Waals surface area contributed by atoms with Crippen LogP contribution in [0, 0.1) is 28.6 Å². The van der Waals surface area contributed by atoms with Crippen molar-refractivity contribution >= 4 is 11.9 Å². The standard InChI is InChI=1S/C32H44O7/c1-30-15-13-22(38-29(36)8-6-4-3-5-7-27(33)34)17-21(30)10-11-24-23(30)14-16-31(2)25(18-26-32(24,31)39-26)20-9-12-28(35)37-19-20/h9,12,19,21-26H,3-8,10-11,13-18H2,1-2H3,(H,33,34)/t21-,22+,23?,24-,25?,26-,30+,31-,32-/m1/s1. The highest BCUT2D eigenvalue weighted by molar-refractivity contribution is 5.69. The van der Waals surface area contributed by atoms with E-state index < -0.39 is 5.97 Å². The molecule has 5 fully saturated rings. The Hall–Kier alpha value is -2.15. The summed E-state index contributed by atoms with van der Waals surface area (Å²) in [6, 6.07) is 3.52. The summed E-state index contributed by atoms with van der Waals surface area (Å²) in [4.78, 5) is 34.7. The van der Waals surface area contributed by atoms with Crippen LogP contribution in [-0.2, 0) is 19.1 Å². The normalized spacial score (nSPS) is 42.0. The Morgan fingerprint density at radius 3 is 2.51 bits per heavy atom. The molecule has 0 radical (unpaired) electrons. The van der Waals surface area contributed by atoms with Crippen LogP contribution < -0.4 is 5.63 Å². The highest BCUT2D eigenvalue weighted by atomic mass is 16.6. The average Bonchev–Trinajstić information content (AvgIpc) is 3.56. The summed E-state index contributed by atoms with van der Waals surface area (Å²) in [5.41, 5.74) is 1.15. The molecule has 7 nitrogen and oxygen atoms in total. The van der Waals surface area contributed by atoms with Gasteiger partial charge in [-0.05, 0) is 105 Å². The maximum Gasteiger partial charge on any atom is 0.335 e. The van der Waals surface area contributed by atoms with Gasteiger partial charge >= 0.3 is 17.6 Å². The van der Waals surface area contributed by atoms with Gasteiger partial charge in [0.25, 0.3) is 0 Å². The Kier molecular flexibility index (Phi) is 6.96. The third-order valence-corrected chi connectivity index (χ3v) is 12.0. The lowest BCUT2D eigenvalue weighted by molar-refractivity contribution is -0.164. The van der Waals surface area contributed by atoms with Gasteiger partial charge in [-0.3, -0.25) is 9.59 Å². The van der Waals surface area contributed by atoms with Crippen LogP contribution in [0.4, 0.5) is 0 Å². The van der Waals surface area contributed by atoms with Crippen molar-refractivity contribution in [3.05, 3.63) is 34.4 Å². The van der Waals surface area contributed by atoms with Crippen LogP contribution in [0.15, 0.2) is 27.6 Å². The van der Waals surface area contributed by atoms with Crippen LogP contribution in [0.5, 0.6) is 0 Å². The highest BCUT2D eigenvalue weighted by Crippen LogP contribution is 2.78. The number of epoxide rings is 1. The number of carboxylic acids is 1. The van der Waals surface area contributed by atoms with Crippen LogP contribution >= 0.6 is 0 Å². The maximum atomic E-state index is 12.5. The molecule has 39 heavy (non-hydrogen) atoms. The smallest absolute Gasteiger partial charge is 0.335 e. The zero-order valence-corrected chi connectivity index (χ0v) is 23.5. The molecule has 214 valence electrons. The fraction of sp³-hybridized carbons (Fsp3) is 0.781. The monoisotopic (exact) mass is 540 g/mol. The Bertz CT molecular complexity index is 1140. The van der Waals surface area contributed by atoms with Crippen LogP contribution in [0.3, 0.4) is 0 Å². The predicted molar refractivity (Wildman–Crippen MR) is 144 cm³/mol. The molecular weight excluding hydrogens is 496 g/mol. The molecule has 1 aromatic heterocycles. The van der Waals surface area contributed by atoms with E-state index in [1.54, 1.807) is 12.3 Å². The van der Waals surface area contributed by atoms with Gasteiger partial charge in [0.15, 0.2) is 0 Å². The van der Waals surface area contributed by atoms with Crippen molar-refractivity contribution in [3.8, 4) is 0 Å². The van der Waals surface area contributed by atoms with Crippen molar-refractivity contribution < 1.29 is 28.6 Å². The van der Waals surface area contributed by atoms with E-state index in [9.17, 15) is 14.4 Å². The first-order valence-electron chi connectivity index (χ1n) is 15.4. The molecule has 2 unspecified atom stereocenters. The number of esters is 1. The number of rotatable bonds is 9. The molecule has 1 N–H and O–H groups in total. The quantitative estimate of drug-likeness (QED) is 0.225. The molecule has 2 heterocycles. The van der Waals surface area contributed by atoms with E-state index in [0.29, 0.717) is 42.6 Å². The first-order chi connectivity index (χ1) is 18.7. The zero-order valence-electron chi connectivity index (χ0n) is 23.5. The Labute approximate surface area is 231 Å². The summed E-state index contributed by atoms with van der Waals surface area (Å²) in [7, 11) is 0. The summed E-state index contributed by atoms with van der Waals surface area (Å²) in [6.07, 6.45) is 14.6. The molecule has 1 aromatic rings. The molecular formula is C32H44O7. The average molecular weight is 541 g/mol. The first kappa shape index (κ1) is 27.0. The van der Waals surface area contributed by atoms with Crippen molar-refractivity contribution in [3.63, 3.8) is 0 Å². The largest absolute Gasteiger partial charge is 0.481 e. The first-order valence-corrected chi connectivity index (χ1v) is 15.4. The lowest BCUT2D eigenvalue weighted by Crippen LogP contribution is -2.58. The number of ether oxygens (including phenoxy) is 2. The van der Waals surface area contributed by atoms with Gasteiger partial charge in [-0.15, -0.1) is 0 Å². The lowest BCUT2D eigenvalue weighted by atomic mass is 9.44. The lowest BCUT2D eigenvalue weighted by Gasteiger charge is -2.61. The molecule has 4 aliphatic carbocycles. The van der Waals surface area contributed by atoms with E-state index in [1.165, 1.54) is 19.3 Å². The number of carboxylic acid groups (broad SMARTS) is 1. The van der Waals surface area contributed by atoms with Crippen molar-refractivity contribution in [1.82, 2.24) is 0 Å². The maximum absolute atomic E-state index is 12.5. The van der Waals surface area contributed by atoms with Gasteiger partial charge in [0, 0.05) is 24.3 Å². The second kappa shape index (κ2) is 10.0. The van der Waals surface area contributed by atoms with Crippen LogP contribution in [-0.4, -0.2) is 34.9 Å². The third-order valence-electron chi connectivity index (χ3n) is 12.0. The number of hydrogen-bond acceptors (Lipinski definition) is 6. The van der Waals surface area contributed by atoms with Crippen molar-refractivity contribution in [2.75, 3.05) is 0 Å². The molecule has 4 saturated carbocycles. The molecule has 1 spiro atoms. The van der Waals surface area contributed by atoms with Crippen LogP contribution in [0.1, 0.15) is 115 Å². The fourth-order valence-electron chi connectivity index (χ4n) is 9.97. The zero-order chi connectivity index (χ0) is 27.4. The summed E-state index contributed by atoms with van der Waals surface area (Å²) in [5.74, 6) is 1.33. The van der Waals surface area contributed by atoms with E-state index in [-0.39, 0.29) is 40.6 Å². The molecule has 7 heteroatoms. The fourth-order valence-corrected chi connectivity index (χ4v) is 9.97. The van der Waals surface area contributed by atoms with Gasteiger partial charge < -0.3 is 19.0 Å². The van der Waals surface area contributed by atoms with Gasteiger partial charge in [0.05, 0.1) is 12.4 Å². The molecule has 5 aliphatic rings. The van der Waals surface area contributed by atoms with E-state index in [2.05, 4.69) is 13.8 Å². The highest BCUT2D eigenvalue weighted by Gasteiger charge is 2.80. The Balaban J connectivity index is 1.06. The summed E-state index contributed by atoms with van der Waals surface area (Å²) < 4.78 is 17.9. The number of unbranched alkanes of at least 4 members (excludes halogenated alkanes) is 3. The minimum atomic E-state index is -0.755. The van der Waals surface area contributed by atoms with Gasteiger partial charge in [-0.2, -0.15) is 0 Å². The molecule has 6 rings (SSSR count). The number of carbonyl (C=O) groups is 2. The Morgan fingerprint density at radius 2 is 1.77 bits per heavy atom. The second-order valence-electron chi connectivity index (χ2n) is 13.7. The molecule has 0 bridgehead atoms. The van der Waals surface area contributed by atoms with Gasteiger partial charge in [0.1, 0.15) is 11.7 Å². The SMILES string of the molecule is C[C@]12CC[C@H](OC(=O)CCCCCCC(=O)O)C[C@H]1CC[C@@H]1C2CC[C@]2(C)C(c3ccc(=O)oc3)C[C@H]3O[C@]132. The predicted octanol–water partition coefficient (Wildman–Crippen LogP) is 6.23. The summed E-state index contributed by atoms with van der Waals surface area (Å²) >= 11 is 0. The van der Waals surface area contributed by atoms with Crippen molar-refractivity contribution in [1.29, 1.82) is 0 Å².